The Morgan fingerprint density at radius 3 is 2.75 bits per heavy atom. The quantitative estimate of drug-likeness (QED) is 0.577. The van der Waals surface area contributed by atoms with Crippen molar-refractivity contribution in [1.82, 2.24) is 30.1 Å². The van der Waals surface area contributed by atoms with Crippen LogP contribution in [-0.4, -0.2) is 49.3 Å². The van der Waals surface area contributed by atoms with Crippen LogP contribution in [0.5, 0.6) is 0 Å². The molecule has 0 aliphatic carbocycles. The Kier molecular flexibility index (Phi) is 5.72. The van der Waals surface area contributed by atoms with Crippen molar-refractivity contribution < 1.29 is 14.7 Å². The van der Waals surface area contributed by atoms with Crippen LogP contribution in [0, 0.1) is 0 Å². The molecule has 0 spiro atoms. The minimum atomic E-state index is -0.263. The fourth-order valence-corrected chi connectivity index (χ4v) is 1.89. The average Bonchev–Trinajstić information content (AvgIpc) is 3.09. The Morgan fingerprint density at radius 1 is 1.29 bits per heavy atom. The molecule has 24 heavy (non-hydrogen) atoms. The van der Waals surface area contributed by atoms with Gasteiger partial charge >= 0.3 is 0 Å². The van der Waals surface area contributed by atoms with Gasteiger partial charge in [0, 0.05) is 7.05 Å². The molecule has 0 bridgehead atoms. The number of nitrogens with one attached hydrogen (secondary N) is 2. The van der Waals surface area contributed by atoms with Gasteiger partial charge in [-0.05, 0) is 24.3 Å². The van der Waals surface area contributed by atoms with Crippen molar-refractivity contribution >= 4 is 23.8 Å². The minimum Gasteiger partial charge on any atom is -0.483 e. The Morgan fingerprint density at radius 2 is 2.08 bits per heavy atom. The topological polar surface area (TPSA) is 134 Å². The molecule has 10 nitrogen and oxygen atoms in total. The van der Waals surface area contributed by atoms with Gasteiger partial charge in [-0.25, -0.2) is 9.50 Å². The molecule has 0 aliphatic rings. The molecule has 0 saturated carbocycles. The van der Waals surface area contributed by atoms with Gasteiger partial charge in [-0.15, -0.1) is 10.2 Å². The van der Waals surface area contributed by atoms with Crippen LogP contribution in [0.25, 0.3) is 5.65 Å². The van der Waals surface area contributed by atoms with Crippen LogP contribution in [0.2, 0.25) is 0 Å². The molecule has 0 unspecified atom stereocenters. The number of hydrogen-bond donors (Lipinski definition) is 3. The van der Waals surface area contributed by atoms with E-state index in [2.05, 4.69) is 30.9 Å². The molecule has 3 N–H and O–H groups in total. The smallest absolute Gasteiger partial charge is 0.290 e. The first kappa shape index (κ1) is 16.8. The van der Waals surface area contributed by atoms with Crippen molar-refractivity contribution in [3.63, 3.8) is 0 Å². The summed E-state index contributed by atoms with van der Waals surface area (Å²) in [6.45, 7) is 0.273. The highest BCUT2D eigenvalue weighted by Crippen LogP contribution is 2.07. The summed E-state index contributed by atoms with van der Waals surface area (Å²) in [4.78, 5) is 23.9. The lowest BCUT2D eigenvalue weighted by molar-refractivity contribution is -0.122. The summed E-state index contributed by atoms with van der Waals surface area (Å²) in [5, 5.41) is 24.5. The van der Waals surface area contributed by atoms with Gasteiger partial charge < -0.3 is 15.7 Å². The van der Waals surface area contributed by atoms with Crippen molar-refractivity contribution in [1.29, 1.82) is 0 Å². The first-order valence-corrected chi connectivity index (χ1v) is 6.84. The SMILES string of the molecule is CNC(=O)c1ccc(NCc2cccc3ncnn23)nn1.O=CO. The van der Waals surface area contributed by atoms with E-state index in [1.165, 1.54) is 6.33 Å². The zero-order valence-corrected chi connectivity index (χ0v) is 12.7. The zero-order valence-electron chi connectivity index (χ0n) is 12.7. The van der Waals surface area contributed by atoms with E-state index in [-0.39, 0.29) is 18.1 Å². The number of amides is 1. The Balaban J connectivity index is 0.000000647. The van der Waals surface area contributed by atoms with Crippen LogP contribution in [-0.2, 0) is 11.3 Å². The van der Waals surface area contributed by atoms with Crippen molar-refractivity contribution in [2.24, 2.45) is 0 Å². The summed E-state index contributed by atoms with van der Waals surface area (Å²) in [5.41, 5.74) is 2.01. The predicted octanol–water partition coefficient (Wildman–Crippen LogP) is 0.192. The van der Waals surface area contributed by atoms with Gasteiger partial charge in [0.1, 0.15) is 12.1 Å². The van der Waals surface area contributed by atoms with Gasteiger partial charge in [0.15, 0.2) is 11.3 Å². The molecular weight excluding hydrogens is 314 g/mol. The first-order chi connectivity index (χ1) is 11.7. The van der Waals surface area contributed by atoms with Gasteiger partial charge in [0.25, 0.3) is 12.4 Å². The maximum Gasteiger partial charge on any atom is 0.290 e. The van der Waals surface area contributed by atoms with Gasteiger partial charge in [-0.2, -0.15) is 5.10 Å². The van der Waals surface area contributed by atoms with Crippen LogP contribution in [0.4, 0.5) is 5.82 Å². The van der Waals surface area contributed by atoms with Gasteiger partial charge in [0.2, 0.25) is 0 Å². The molecule has 0 atom stereocenters. The Labute approximate surface area is 136 Å². The summed E-state index contributed by atoms with van der Waals surface area (Å²) in [6, 6.07) is 9.07. The number of carbonyl (C=O) groups is 2. The van der Waals surface area contributed by atoms with Gasteiger partial charge in [-0.3, -0.25) is 9.59 Å². The number of carboxylic acid groups (broad SMARTS) is 1. The van der Waals surface area contributed by atoms with Crippen molar-refractivity contribution in [2.75, 3.05) is 12.4 Å². The maximum absolute atomic E-state index is 11.4. The Hall–Kier alpha value is -3.56. The highest BCUT2D eigenvalue weighted by atomic mass is 16.3. The van der Waals surface area contributed by atoms with E-state index in [9.17, 15) is 4.79 Å². The van der Waals surface area contributed by atoms with E-state index in [0.29, 0.717) is 12.4 Å². The summed E-state index contributed by atoms with van der Waals surface area (Å²) in [6.07, 6.45) is 1.51. The molecule has 3 rings (SSSR count). The standard InChI is InChI=1S/C13H13N7O.CH2O2/c1-14-13(21)10-5-6-11(19-18-10)15-7-9-3-2-4-12-16-8-17-20(9)12;2-1-3/h2-6,8H,7H2,1H3,(H,14,21)(H,15,19);1H,(H,2,3). The third-order valence-electron chi connectivity index (χ3n) is 2.95. The van der Waals surface area contributed by atoms with Crippen LogP contribution >= 0.6 is 0 Å². The second-order valence-corrected chi connectivity index (χ2v) is 4.39. The van der Waals surface area contributed by atoms with Crippen LogP contribution < -0.4 is 10.6 Å². The molecule has 0 radical (unpaired) electrons. The van der Waals surface area contributed by atoms with E-state index in [0.717, 1.165) is 11.3 Å². The number of anilines is 1. The average molecular weight is 329 g/mol. The van der Waals surface area contributed by atoms with Gasteiger partial charge in [0.05, 0.1) is 12.2 Å². The van der Waals surface area contributed by atoms with E-state index < -0.39 is 0 Å². The molecule has 3 heterocycles. The van der Waals surface area contributed by atoms with Crippen LogP contribution in [0.15, 0.2) is 36.7 Å². The molecule has 0 aliphatic heterocycles. The van der Waals surface area contributed by atoms with E-state index in [1.807, 2.05) is 18.2 Å². The number of fused-ring (bicyclic) bond motifs is 1. The summed E-state index contributed by atoms with van der Waals surface area (Å²) >= 11 is 0. The second-order valence-electron chi connectivity index (χ2n) is 4.39. The lowest BCUT2D eigenvalue weighted by Crippen LogP contribution is -2.19. The molecule has 3 aromatic heterocycles. The lowest BCUT2D eigenvalue weighted by Gasteiger charge is -2.07. The molecule has 124 valence electrons. The number of nitrogens with zero attached hydrogens (tertiary/aromatic N) is 5. The minimum absolute atomic E-state index is 0.250. The summed E-state index contributed by atoms with van der Waals surface area (Å²) in [5.74, 6) is 0.321. The fourth-order valence-electron chi connectivity index (χ4n) is 1.89. The third kappa shape index (κ3) is 4.00. The molecule has 0 fully saturated rings. The number of aromatic nitrogens is 5. The molecule has 0 aromatic carbocycles. The second kappa shape index (κ2) is 8.17. The van der Waals surface area contributed by atoms with E-state index >= 15 is 0 Å². The predicted molar refractivity (Wildman–Crippen MR) is 84.4 cm³/mol. The molecule has 0 saturated heterocycles. The van der Waals surface area contributed by atoms with Crippen LogP contribution in [0.1, 0.15) is 16.2 Å². The lowest BCUT2D eigenvalue weighted by atomic mass is 10.3. The number of hydrogen-bond acceptors (Lipinski definition) is 7. The van der Waals surface area contributed by atoms with Crippen molar-refractivity contribution in [3.05, 3.63) is 48.0 Å². The van der Waals surface area contributed by atoms with Gasteiger partial charge in [-0.1, -0.05) is 6.07 Å². The zero-order chi connectivity index (χ0) is 17.4. The van der Waals surface area contributed by atoms with Crippen molar-refractivity contribution in [3.8, 4) is 0 Å². The fraction of sp³-hybridized carbons (Fsp3) is 0.143. The third-order valence-corrected chi connectivity index (χ3v) is 2.95. The highest BCUT2D eigenvalue weighted by molar-refractivity contribution is 5.91. The largest absolute Gasteiger partial charge is 0.483 e. The van der Waals surface area contributed by atoms with E-state index in [1.54, 1.807) is 23.7 Å². The Bertz CT molecular complexity index is 817. The first-order valence-electron chi connectivity index (χ1n) is 6.84. The van der Waals surface area contributed by atoms with E-state index in [4.69, 9.17) is 9.90 Å². The molecule has 3 aromatic rings. The molecular formula is C14H15N7O3. The van der Waals surface area contributed by atoms with Crippen LogP contribution in [0.3, 0.4) is 0 Å². The monoisotopic (exact) mass is 329 g/mol. The molecule has 1 amide bonds. The molecule has 10 heteroatoms. The summed E-state index contributed by atoms with van der Waals surface area (Å²) in [7, 11) is 1.55. The normalized spacial score (nSPS) is 9.71. The summed E-state index contributed by atoms with van der Waals surface area (Å²) < 4.78 is 1.75. The highest BCUT2D eigenvalue weighted by Gasteiger charge is 2.06. The number of rotatable bonds is 4. The number of pyridine rings is 1. The maximum atomic E-state index is 11.4. The number of carbonyl (C=O) groups excluding carboxylic acids is 1. The van der Waals surface area contributed by atoms with Crippen molar-refractivity contribution in [2.45, 2.75) is 6.54 Å².